The Kier molecular flexibility index (Phi) is 11.0. The number of carbonyl (C=O) groups excluding carboxylic acids is 12. The highest BCUT2D eigenvalue weighted by molar-refractivity contribution is 6.09. The zero-order chi connectivity index (χ0) is 41.8. The molecule has 0 spiro atoms. The molecule has 0 aromatic heterocycles. The van der Waals surface area contributed by atoms with Gasteiger partial charge in [-0.25, -0.2) is 38.8 Å². The van der Waals surface area contributed by atoms with E-state index in [-0.39, 0.29) is 0 Å². The molecule has 0 aromatic carbocycles. The highest BCUT2D eigenvalue weighted by Gasteiger charge is 2.55. The van der Waals surface area contributed by atoms with Crippen LogP contribution in [0.3, 0.4) is 0 Å². The van der Waals surface area contributed by atoms with Crippen molar-refractivity contribution >= 4 is 71.6 Å². The standard InChI is InChI=1S/C32H40N8O16/c1-9-25(45)37-18(14(6)53-29(37)49)22(42)34-11(3)27(47)39-20(16(8)55-31(39)51)24(44)36-12(4)28(48)40-19(15(7)56-32(40)52)23(43)35-10(2)26(46)38-17(21(41)33-9)13(5)54-30(38)50/h9-20H,1-8H3,(H,33,41)(H,34,42)(H,35,43)(H,36,44)/t9-,10-,11-,12-,13-,14-,15-,16-,17+,18+,19+,20+/m0/s1. The average Bonchev–Trinajstić information content (AvgIpc) is 3.79. The fourth-order valence-corrected chi connectivity index (χ4v) is 6.92. The Balaban J connectivity index is 1.52. The molecule has 12 atom stereocenters. The van der Waals surface area contributed by atoms with Gasteiger partial charge >= 0.3 is 24.4 Å². The lowest BCUT2D eigenvalue weighted by Crippen LogP contribution is -2.62. The first-order chi connectivity index (χ1) is 26.1. The first-order valence-electron chi connectivity index (χ1n) is 17.4. The summed E-state index contributed by atoms with van der Waals surface area (Å²) in [5.41, 5.74) is 0. The first kappa shape index (κ1) is 40.8. The van der Waals surface area contributed by atoms with E-state index in [1.807, 2.05) is 0 Å². The van der Waals surface area contributed by atoms with E-state index < -0.39 is 144 Å². The third kappa shape index (κ3) is 7.00. The molecule has 0 aliphatic carbocycles. The van der Waals surface area contributed by atoms with Crippen molar-refractivity contribution in [2.24, 2.45) is 0 Å². The van der Waals surface area contributed by atoms with Crippen LogP contribution in [0, 0.1) is 0 Å². The Morgan fingerprint density at radius 2 is 0.482 bits per heavy atom. The molecule has 24 nitrogen and oxygen atoms in total. The molecule has 0 aromatic rings. The van der Waals surface area contributed by atoms with Gasteiger partial charge in [0.15, 0.2) is 24.2 Å². The van der Waals surface area contributed by atoms with Crippen LogP contribution in [0.15, 0.2) is 0 Å². The second kappa shape index (κ2) is 15.1. The summed E-state index contributed by atoms with van der Waals surface area (Å²) in [5.74, 6) is -9.20. The van der Waals surface area contributed by atoms with Crippen molar-refractivity contribution in [3.05, 3.63) is 0 Å². The topological polar surface area (TPSA) is 303 Å². The molecule has 5 aliphatic rings. The van der Waals surface area contributed by atoms with E-state index in [0.29, 0.717) is 19.6 Å². The van der Waals surface area contributed by atoms with Crippen LogP contribution in [0.4, 0.5) is 19.2 Å². The number of amides is 12. The quantitative estimate of drug-likeness (QED) is 0.177. The average molecular weight is 793 g/mol. The fourth-order valence-electron chi connectivity index (χ4n) is 6.92. The number of ether oxygens (including phenoxy) is 4. The molecule has 0 bridgehead atoms. The number of nitrogens with one attached hydrogen (secondary N) is 4. The van der Waals surface area contributed by atoms with Crippen LogP contribution in [0.1, 0.15) is 55.4 Å². The van der Waals surface area contributed by atoms with Crippen LogP contribution >= 0.6 is 0 Å². The summed E-state index contributed by atoms with van der Waals surface area (Å²) in [4.78, 5) is 162. The lowest BCUT2D eigenvalue weighted by molar-refractivity contribution is -0.144. The molecule has 5 saturated heterocycles. The minimum Gasteiger partial charge on any atom is -0.443 e. The molecule has 24 heteroatoms. The zero-order valence-electron chi connectivity index (χ0n) is 31.2. The molecule has 5 heterocycles. The number of rotatable bonds is 0. The SMILES string of the molecule is C[C@@H]1NC(=O)[C@H]2[C@H](C)OC(=O)N2C(=O)[C@H](C)NC(=O)[C@H]2[C@H](C)OC(=O)N2C(=O)[C@H](C)NC(=O)[C@H]2[C@H](C)OC(=O)N2C(=O)[C@H](C)NC(=O)[C@H]2[C@H](C)OC(=O)N2C1=O. The Morgan fingerprint density at radius 3 is 0.643 bits per heavy atom. The normalized spacial score (nSPS) is 36.6. The summed E-state index contributed by atoms with van der Waals surface area (Å²) in [6.07, 6.45) is -10.4. The molecule has 5 rings (SSSR count). The third-order valence-corrected chi connectivity index (χ3v) is 9.77. The van der Waals surface area contributed by atoms with E-state index >= 15 is 0 Å². The van der Waals surface area contributed by atoms with Gasteiger partial charge in [0.1, 0.15) is 48.6 Å². The van der Waals surface area contributed by atoms with Gasteiger partial charge in [-0.15, -0.1) is 0 Å². The molecule has 0 radical (unpaired) electrons. The van der Waals surface area contributed by atoms with E-state index in [4.69, 9.17) is 18.9 Å². The highest BCUT2D eigenvalue weighted by Crippen LogP contribution is 2.26. The maximum absolute atomic E-state index is 13.6. The number of hydrogen-bond donors (Lipinski definition) is 4. The summed E-state index contributed by atoms with van der Waals surface area (Å²) in [7, 11) is 0. The lowest BCUT2D eigenvalue weighted by Gasteiger charge is -2.29. The minimum absolute atomic E-state index is 0.392. The van der Waals surface area contributed by atoms with Crippen molar-refractivity contribution in [2.45, 2.75) is 128 Å². The summed E-state index contributed by atoms with van der Waals surface area (Å²) in [6.45, 7) is 9.57. The Morgan fingerprint density at radius 1 is 0.321 bits per heavy atom. The van der Waals surface area contributed by atoms with E-state index in [1.165, 1.54) is 27.7 Å². The third-order valence-electron chi connectivity index (χ3n) is 9.77. The molecular formula is C32H40N8O16. The van der Waals surface area contributed by atoms with Gasteiger partial charge in [0, 0.05) is 0 Å². The van der Waals surface area contributed by atoms with Gasteiger partial charge in [-0.2, -0.15) is 0 Å². The number of imide groups is 4. The Hall–Kier alpha value is -6.36. The fraction of sp³-hybridized carbons (Fsp3) is 0.625. The van der Waals surface area contributed by atoms with Gasteiger partial charge in [-0.1, -0.05) is 0 Å². The maximum atomic E-state index is 13.6. The van der Waals surface area contributed by atoms with Crippen LogP contribution in [0.5, 0.6) is 0 Å². The van der Waals surface area contributed by atoms with Crippen molar-refractivity contribution in [1.29, 1.82) is 0 Å². The maximum Gasteiger partial charge on any atom is 0.417 e. The van der Waals surface area contributed by atoms with Crippen LogP contribution in [0.25, 0.3) is 0 Å². The second-order valence-corrected chi connectivity index (χ2v) is 13.9. The van der Waals surface area contributed by atoms with Gasteiger partial charge in [-0.05, 0) is 55.4 Å². The van der Waals surface area contributed by atoms with Gasteiger partial charge in [0.2, 0.25) is 23.6 Å². The summed E-state index contributed by atoms with van der Waals surface area (Å²) < 4.78 is 20.4. The van der Waals surface area contributed by atoms with Crippen molar-refractivity contribution < 1.29 is 76.5 Å². The molecule has 5 fully saturated rings. The van der Waals surface area contributed by atoms with Crippen LogP contribution in [-0.4, -0.2) is 164 Å². The highest BCUT2D eigenvalue weighted by atomic mass is 16.6. The Bertz CT molecular complexity index is 1570. The number of nitrogens with zero attached hydrogens (tertiary/aromatic N) is 4. The molecule has 4 N–H and O–H groups in total. The number of carbonyl (C=O) groups is 12. The summed E-state index contributed by atoms with van der Waals surface area (Å²) in [6, 6.07) is -13.4. The van der Waals surface area contributed by atoms with E-state index in [1.54, 1.807) is 0 Å². The zero-order valence-corrected chi connectivity index (χ0v) is 31.2. The predicted molar refractivity (Wildman–Crippen MR) is 177 cm³/mol. The number of hydrogen-bond acceptors (Lipinski definition) is 16. The van der Waals surface area contributed by atoms with Crippen LogP contribution < -0.4 is 21.3 Å². The van der Waals surface area contributed by atoms with Crippen LogP contribution in [-0.2, 0) is 57.3 Å². The Labute approximate surface area is 317 Å². The van der Waals surface area contributed by atoms with Crippen molar-refractivity contribution in [2.75, 3.05) is 0 Å². The lowest BCUT2D eigenvalue weighted by atomic mass is 10.1. The van der Waals surface area contributed by atoms with Crippen molar-refractivity contribution in [3.8, 4) is 0 Å². The van der Waals surface area contributed by atoms with E-state index in [0.717, 1.165) is 27.7 Å². The summed E-state index contributed by atoms with van der Waals surface area (Å²) >= 11 is 0. The molecule has 0 unspecified atom stereocenters. The van der Waals surface area contributed by atoms with E-state index in [9.17, 15) is 57.5 Å². The number of fused-ring (bicyclic) bond motifs is 4. The molecular weight excluding hydrogens is 752 g/mol. The van der Waals surface area contributed by atoms with Crippen molar-refractivity contribution in [3.63, 3.8) is 0 Å². The summed E-state index contributed by atoms with van der Waals surface area (Å²) in [5, 5.41) is 9.13. The molecule has 0 saturated carbocycles. The molecule has 304 valence electrons. The van der Waals surface area contributed by atoms with Crippen molar-refractivity contribution in [1.82, 2.24) is 40.9 Å². The molecule has 5 aliphatic heterocycles. The molecule has 12 amide bonds. The monoisotopic (exact) mass is 792 g/mol. The van der Waals surface area contributed by atoms with Crippen LogP contribution in [0.2, 0.25) is 0 Å². The van der Waals surface area contributed by atoms with E-state index in [2.05, 4.69) is 21.3 Å². The van der Waals surface area contributed by atoms with Gasteiger partial charge < -0.3 is 40.2 Å². The minimum atomic E-state index is -1.73. The van der Waals surface area contributed by atoms with Gasteiger partial charge in [-0.3, -0.25) is 38.4 Å². The largest absolute Gasteiger partial charge is 0.443 e. The smallest absolute Gasteiger partial charge is 0.417 e. The predicted octanol–water partition coefficient (Wildman–Crippen LogP) is -3.04. The first-order valence-corrected chi connectivity index (χ1v) is 17.4. The number of cyclic esters (lactones) is 4. The van der Waals surface area contributed by atoms with Gasteiger partial charge in [0.05, 0.1) is 0 Å². The van der Waals surface area contributed by atoms with Gasteiger partial charge in [0.25, 0.3) is 23.6 Å². The second-order valence-electron chi connectivity index (χ2n) is 13.9. The molecule has 56 heavy (non-hydrogen) atoms.